The number of halogens is 2. The molecule has 3 N–H and O–H groups in total. The molecule has 0 radical (unpaired) electrons. The maximum absolute atomic E-state index is 6.19. The molecule has 2 rings (SSSR count). The molecule has 1 unspecified atom stereocenters. The van der Waals surface area contributed by atoms with Crippen LogP contribution in [-0.4, -0.2) is 4.98 Å². The molecular weight excluding hydrogens is 281 g/mol. The Balaban J connectivity index is 2.32. The zero-order valence-electron chi connectivity index (χ0n) is 10.5. The van der Waals surface area contributed by atoms with Gasteiger partial charge < -0.3 is 0 Å². The van der Waals surface area contributed by atoms with Gasteiger partial charge in [-0.2, -0.15) is 0 Å². The second kappa shape index (κ2) is 6.35. The number of aromatic nitrogens is 1. The molecular formula is C14H15Cl2N3. The van der Waals surface area contributed by atoms with Crippen molar-refractivity contribution in [2.75, 3.05) is 0 Å². The van der Waals surface area contributed by atoms with E-state index in [0.717, 1.165) is 16.7 Å². The summed E-state index contributed by atoms with van der Waals surface area (Å²) in [4.78, 5) is 4.14. The van der Waals surface area contributed by atoms with Gasteiger partial charge in [0.2, 0.25) is 0 Å². The molecule has 5 heteroatoms. The molecule has 1 atom stereocenters. The van der Waals surface area contributed by atoms with Crippen LogP contribution in [0.4, 0.5) is 0 Å². The average molecular weight is 296 g/mol. The van der Waals surface area contributed by atoms with Crippen molar-refractivity contribution in [3.8, 4) is 0 Å². The normalized spacial score (nSPS) is 12.4. The Labute approximate surface area is 122 Å². The monoisotopic (exact) mass is 295 g/mol. The minimum Gasteiger partial charge on any atom is -0.271 e. The van der Waals surface area contributed by atoms with Crippen molar-refractivity contribution >= 4 is 23.2 Å². The van der Waals surface area contributed by atoms with E-state index >= 15 is 0 Å². The smallest absolute Gasteiger partial charge is 0.0519 e. The van der Waals surface area contributed by atoms with E-state index in [1.807, 2.05) is 37.4 Å². The highest BCUT2D eigenvalue weighted by Gasteiger charge is 2.16. The molecule has 100 valence electrons. The summed E-state index contributed by atoms with van der Waals surface area (Å²) in [6.07, 6.45) is 4.18. The van der Waals surface area contributed by atoms with Crippen LogP contribution in [0.5, 0.6) is 0 Å². The highest BCUT2D eigenvalue weighted by atomic mass is 35.5. The number of aryl methyl sites for hydroxylation is 1. The Morgan fingerprint density at radius 3 is 2.53 bits per heavy atom. The first-order valence-corrected chi connectivity index (χ1v) is 6.68. The molecule has 19 heavy (non-hydrogen) atoms. The molecule has 1 heterocycles. The predicted octanol–water partition coefficient (Wildman–Crippen LogP) is 3.44. The maximum Gasteiger partial charge on any atom is 0.0519 e. The fourth-order valence-corrected chi connectivity index (χ4v) is 2.58. The lowest BCUT2D eigenvalue weighted by Gasteiger charge is -2.19. The largest absolute Gasteiger partial charge is 0.271 e. The van der Waals surface area contributed by atoms with Gasteiger partial charge in [0.1, 0.15) is 0 Å². The van der Waals surface area contributed by atoms with Crippen molar-refractivity contribution in [2.24, 2.45) is 5.84 Å². The van der Waals surface area contributed by atoms with Crippen LogP contribution in [0.25, 0.3) is 0 Å². The number of benzene rings is 1. The van der Waals surface area contributed by atoms with Crippen LogP contribution in [0, 0.1) is 6.92 Å². The zero-order valence-corrected chi connectivity index (χ0v) is 12.0. The fraction of sp³-hybridized carbons (Fsp3) is 0.214. The van der Waals surface area contributed by atoms with E-state index in [2.05, 4.69) is 10.4 Å². The summed E-state index contributed by atoms with van der Waals surface area (Å²) in [6.45, 7) is 2.02. The van der Waals surface area contributed by atoms with Crippen LogP contribution < -0.4 is 11.3 Å². The van der Waals surface area contributed by atoms with E-state index in [0.29, 0.717) is 16.5 Å². The first kappa shape index (κ1) is 14.3. The van der Waals surface area contributed by atoms with E-state index in [-0.39, 0.29) is 6.04 Å². The molecule has 0 fully saturated rings. The van der Waals surface area contributed by atoms with E-state index in [1.54, 1.807) is 6.20 Å². The molecule has 0 aliphatic heterocycles. The summed E-state index contributed by atoms with van der Waals surface area (Å²) in [7, 11) is 0. The van der Waals surface area contributed by atoms with Gasteiger partial charge in [-0.1, -0.05) is 29.3 Å². The van der Waals surface area contributed by atoms with Gasteiger partial charge in [0.15, 0.2) is 0 Å². The van der Waals surface area contributed by atoms with E-state index < -0.39 is 0 Å². The number of nitrogens with zero attached hydrogens (tertiary/aromatic N) is 1. The molecule has 0 saturated carbocycles. The summed E-state index contributed by atoms with van der Waals surface area (Å²) >= 11 is 12.4. The van der Waals surface area contributed by atoms with Gasteiger partial charge in [0, 0.05) is 22.4 Å². The number of hydrazine groups is 1. The Morgan fingerprint density at radius 2 is 1.95 bits per heavy atom. The highest BCUT2D eigenvalue weighted by Crippen LogP contribution is 2.29. The SMILES string of the molecule is Cc1ccncc1C(Cc1c(Cl)cccc1Cl)NN. The number of nitrogens with two attached hydrogens (primary N) is 1. The number of nitrogens with one attached hydrogen (secondary N) is 1. The Kier molecular flexibility index (Phi) is 4.77. The Hall–Kier alpha value is -1.13. The zero-order chi connectivity index (χ0) is 13.8. The van der Waals surface area contributed by atoms with Crippen LogP contribution in [0.15, 0.2) is 36.7 Å². The number of hydrogen-bond acceptors (Lipinski definition) is 3. The van der Waals surface area contributed by atoms with Crippen LogP contribution >= 0.6 is 23.2 Å². The summed E-state index contributed by atoms with van der Waals surface area (Å²) < 4.78 is 0. The second-order valence-corrected chi connectivity index (χ2v) is 5.17. The van der Waals surface area contributed by atoms with Crippen LogP contribution in [0.1, 0.15) is 22.7 Å². The van der Waals surface area contributed by atoms with Crippen LogP contribution in [0.2, 0.25) is 10.0 Å². The van der Waals surface area contributed by atoms with Crippen molar-refractivity contribution in [1.82, 2.24) is 10.4 Å². The molecule has 1 aromatic heterocycles. The minimum atomic E-state index is -0.0777. The summed E-state index contributed by atoms with van der Waals surface area (Å²) in [5.41, 5.74) is 5.86. The molecule has 0 amide bonds. The van der Waals surface area contributed by atoms with Crippen molar-refractivity contribution in [3.05, 3.63) is 63.4 Å². The summed E-state index contributed by atoms with van der Waals surface area (Å²) in [6, 6.07) is 7.35. The minimum absolute atomic E-state index is 0.0777. The van der Waals surface area contributed by atoms with Crippen molar-refractivity contribution < 1.29 is 0 Å². The molecule has 0 saturated heterocycles. The highest BCUT2D eigenvalue weighted by molar-refractivity contribution is 6.36. The molecule has 1 aromatic carbocycles. The number of hydrogen-bond donors (Lipinski definition) is 2. The third-order valence-corrected chi connectivity index (χ3v) is 3.83. The van der Waals surface area contributed by atoms with Gasteiger partial charge in [-0.25, -0.2) is 0 Å². The van der Waals surface area contributed by atoms with Crippen molar-refractivity contribution in [3.63, 3.8) is 0 Å². The molecule has 3 nitrogen and oxygen atoms in total. The van der Waals surface area contributed by atoms with Gasteiger partial charge >= 0.3 is 0 Å². The summed E-state index contributed by atoms with van der Waals surface area (Å²) in [5.74, 6) is 5.66. The third-order valence-electron chi connectivity index (χ3n) is 3.13. The van der Waals surface area contributed by atoms with Gasteiger partial charge in [-0.15, -0.1) is 0 Å². The second-order valence-electron chi connectivity index (χ2n) is 4.36. The molecule has 2 aromatic rings. The molecule has 0 bridgehead atoms. The van der Waals surface area contributed by atoms with Crippen molar-refractivity contribution in [1.29, 1.82) is 0 Å². The lowest BCUT2D eigenvalue weighted by atomic mass is 9.97. The van der Waals surface area contributed by atoms with Crippen LogP contribution in [-0.2, 0) is 6.42 Å². The lowest BCUT2D eigenvalue weighted by molar-refractivity contribution is 0.548. The van der Waals surface area contributed by atoms with Gasteiger partial charge in [0.25, 0.3) is 0 Å². The molecule has 0 aliphatic carbocycles. The standard InChI is InChI=1S/C14H15Cl2N3/c1-9-5-6-18-8-11(9)14(19-17)7-10-12(15)3-2-4-13(10)16/h2-6,8,14,19H,7,17H2,1H3. The average Bonchev–Trinajstić information content (AvgIpc) is 2.40. The topological polar surface area (TPSA) is 50.9 Å². The van der Waals surface area contributed by atoms with Crippen LogP contribution in [0.3, 0.4) is 0 Å². The summed E-state index contributed by atoms with van der Waals surface area (Å²) in [5, 5.41) is 1.29. The fourth-order valence-electron chi connectivity index (χ4n) is 2.03. The third kappa shape index (κ3) is 3.25. The quantitative estimate of drug-likeness (QED) is 0.671. The first-order valence-electron chi connectivity index (χ1n) is 5.93. The number of pyridine rings is 1. The molecule has 0 aliphatic rings. The molecule has 0 spiro atoms. The first-order chi connectivity index (χ1) is 9.13. The Morgan fingerprint density at radius 1 is 1.26 bits per heavy atom. The maximum atomic E-state index is 6.19. The lowest BCUT2D eigenvalue weighted by Crippen LogP contribution is -2.30. The Bertz CT molecular complexity index is 552. The van der Waals surface area contributed by atoms with Gasteiger partial charge in [-0.3, -0.25) is 16.3 Å². The van der Waals surface area contributed by atoms with E-state index in [4.69, 9.17) is 29.0 Å². The van der Waals surface area contributed by atoms with Gasteiger partial charge in [0.05, 0.1) is 6.04 Å². The van der Waals surface area contributed by atoms with E-state index in [1.165, 1.54) is 0 Å². The predicted molar refractivity (Wildman–Crippen MR) is 79.2 cm³/mol. The number of rotatable bonds is 4. The van der Waals surface area contributed by atoms with Crippen molar-refractivity contribution in [2.45, 2.75) is 19.4 Å². The van der Waals surface area contributed by atoms with Gasteiger partial charge in [-0.05, 0) is 48.2 Å². The van der Waals surface area contributed by atoms with E-state index in [9.17, 15) is 0 Å².